The predicted octanol–water partition coefficient (Wildman–Crippen LogP) is 0.857. The van der Waals surface area contributed by atoms with Crippen molar-refractivity contribution in [1.29, 1.82) is 0 Å². The zero-order valence-corrected chi connectivity index (χ0v) is 12.4. The van der Waals surface area contributed by atoms with E-state index in [1.54, 1.807) is 4.90 Å². The van der Waals surface area contributed by atoms with Gasteiger partial charge in [0.2, 0.25) is 5.91 Å². The van der Waals surface area contributed by atoms with Crippen LogP contribution < -0.4 is 5.32 Å². The SMILES string of the molecule is CCCCCC(C)NC(=O)CN1CCOCC1C(=O)O. The van der Waals surface area contributed by atoms with E-state index in [0.717, 1.165) is 19.3 Å². The van der Waals surface area contributed by atoms with Crippen molar-refractivity contribution in [3.05, 3.63) is 0 Å². The smallest absolute Gasteiger partial charge is 0.323 e. The second-order valence-electron chi connectivity index (χ2n) is 5.36. The van der Waals surface area contributed by atoms with Crippen LogP contribution in [-0.4, -0.2) is 60.3 Å². The number of carboxylic acid groups (broad SMARTS) is 1. The topological polar surface area (TPSA) is 78.9 Å². The van der Waals surface area contributed by atoms with Gasteiger partial charge in [-0.25, -0.2) is 0 Å². The summed E-state index contributed by atoms with van der Waals surface area (Å²) in [6, 6.07) is -0.580. The minimum Gasteiger partial charge on any atom is -0.480 e. The molecule has 20 heavy (non-hydrogen) atoms. The second kappa shape index (κ2) is 8.92. The first-order valence-corrected chi connectivity index (χ1v) is 7.38. The molecule has 2 unspecified atom stereocenters. The number of nitrogens with one attached hydrogen (secondary N) is 1. The fourth-order valence-electron chi connectivity index (χ4n) is 2.33. The summed E-state index contributed by atoms with van der Waals surface area (Å²) >= 11 is 0. The van der Waals surface area contributed by atoms with Gasteiger partial charge in [0.25, 0.3) is 0 Å². The first-order chi connectivity index (χ1) is 9.54. The molecule has 6 heteroatoms. The zero-order valence-electron chi connectivity index (χ0n) is 12.4. The highest BCUT2D eigenvalue weighted by molar-refractivity contribution is 5.80. The summed E-state index contributed by atoms with van der Waals surface area (Å²) in [5.74, 6) is -1.05. The molecular formula is C14H26N2O4. The van der Waals surface area contributed by atoms with E-state index in [1.807, 2.05) is 6.92 Å². The molecule has 1 fully saturated rings. The highest BCUT2D eigenvalue weighted by atomic mass is 16.5. The fourth-order valence-corrected chi connectivity index (χ4v) is 2.33. The molecule has 0 radical (unpaired) electrons. The van der Waals surface area contributed by atoms with Gasteiger partial charge in [-0.15, -0.1) is 0 Å². The number of morpholine rings is 1. The molecule has 0 aliphatic carbocycles. The van der Waals surface area contributed by atoms with Crippen molar-refractivity contribution < 1.29 is 19.4 Å². The zero-order chi connectivity index (χ0) is 15.0. The van der Waals surface area contributed by atoms with Gasteiger partial charge in [0.1, 0.15) is 6.04 Å². The Kier molecular flexibility index (Phi) is 7.54. The van der Waals surface area contributed by atoms with Crippen molar-refractivity contribution in [2.45, 2.75) is 51.6 Å². The highest BCUT2D eigenvalue weighted by Gasteiger charge is 2.30. The Morgan fingerprint density at radius 3 is 2.85 bits per heavy atom. The number of nitrogens with zero attached hydrogens (tertiary/aromatic N) is 1. The van der Waals surface area contributed by atoms with Crippen LogP contribution in [0.5, 0.6) is 0 Å². The van der Waals surface area contributed by atoms with Gasteiger partial charge in [0.15, 0.2) is 0 Å². The number of unbranched alkanes of at least 4 members (excludes halogenated alkanes) is 2. The van der Waals surface area contributed by atoms with Crippen LogP contribution in [-0.2, 0) is 14.3 Å². The third-order valence-electron chi connectivity index (χ3n) is 3.52. The predicted molar refractivity (Wildman–Crippen MR) is 75.6 cm³/mol. The Hall–Kier alpha value is -1.14. The van der Waals surface area contributed by atoms with E-state index in [0.29, 0.717) is 13.2 Å². The van der Waals surface area contributed by atoms with Crippen LogP contribution in [0.15, 0.2) is 0 Å². The van der Waals surface area contributed by atoms with E-state index in [-0.39, 0.29) is 25.1 Å². The van der Waals surface area contributed by atoms with E-state index in [2.05, 4.69) is 12.2 Å². The van der Waals surface area contributed by atoms with E-state index in [1.165, 1.54) is 6.42 Å². The molecule has 0 bridgehead atoms. The van der Waals surface area contributed by atoms with Gasteiger partial charge in [-0.1, -0.05) is 26.2 Å². The molecule has 1 rings (SSSR count). The van der Waals surface area contributed by atoms with Crippen LogP contribution in [0.25, 0.3) is 0 Å². The summed E-state index contributed by atoms with van der Waals surface area (Å²) in [6.07, 6.45) is 4.40. The summed E-state index contributed by atoms with van der Waals surface area (Å²) in [4.78, 5) is 24.7. The number of hydrogen-bond acceptors (Lipinski definition) is 4. The third kappa shape index (κ3) is 5.88. The molecule has 0 aromatic rings. The van der Waals surface area contributed by atoms with E-state index < -0.39 is 12.0 Å². The standard InChI is InChI=1S/C14H26N2O4/c1-3-4-5-6-11(2)15-13(17)9-16-7-8-20-10-12(16)14(18)19/h11-12H,3-10H2,1-2H3,(H,15,17)(H,18,19). The number of amides is 1. The van der Waals surface area contributed by atoms with Crippen LogP contribution in [0, 0.1) is 0 Å². The number of hydrogen-bond donors (Lipinski definition) is 2. The number of ether oxygens (including phenoxy) is 1. The molecule has 2 N–H and O–H groups in total. The maximum absolute atomic E-state index is 11.9. The molecule has 1 heterocycles. The molecule has 116 valence electrons. The highest BCUT2D eigenvalue weighted by Crippen LogP contribution is 2.07. The van der Waals surface area contributed by atoms with Gasteiger partial charge in [-0.3, -0.25) is 14.5 Å². The molecule has 1 amide bonds. The van der Waals surface area contributed by atoms with Crippen molar-refractivity contribution in [3.63, 3.8) is 0 Å². The lowest BCUT2D eigenvalue weighted by Crippen LogP contribution is -2.53. The molecule has 0 spiro atoms. The minimum atomic E-state index is -0.937. The van der Waals surface area contributed by atoms with Crippen LogP contribution in [0.3, 0.4) is 0 Å². The van der Waals surface area contributed by atoms with Gasteiger partial charge in [0.05, 0.1) is 19.8 Å². The molecule has 1 aliphatic rings. The van der Waals surface area contributed by atoms with Gasteiger partial charge in [-0.2, -0.15) is 0 Å². The number of carbonyl (C=O) groups excluding carboxylic acids is 1. The van der Waals surface area contributed by atoms with E-state index >= 15 is 0 Å². The van der Waals surface area contributed by atoms with Crippen LogP contribution in [0.2, 0.25) is 0 Å². The Bertz CT molecular complexity index is 322. The van der Waals surface area contributed by atoms with Crippen LogP contribution in [0.4, 0.5) is 0 Å². The first kappa shape index (κ1) is 16.9. The maximum Gasteiger partial charge on any atom is 0.323 e. The Labute approximate surface area is 120 Å². The van der Waals surface area contributed by atoms with Crippen molar-refractivity contribution in [2.75, 3.05) is 26.3 Å². The number of carboxylic acids is 1. The van der Waals surface area contributed by atoms with Gasteiger partial charge >= 0.3 is 5.97 Å². The van der Waals surface area contributed by atoms with Crippen molar-refractivity contribution >= 4 is 11.9 Å². The minimum absolute atomic E-state index is 0.109. The molecule has 0 aromatic heterocycles. The third-order valence-corrected chi connectivity index (χ3v) is 3.52. The number of rotatable bonds is 8. The lowest BCUT2D eigenvalue weighted by Gasteiger charge is -2.32. The Morgan fingerprint density at radius 1 is 1.45 bits per heavy atom. The Morgan fingerprint density at radius 2 is 2.20 bits per heavy atom. The summed E-state index contributed by atoms with van der Waals surface area (Å²) in [6.45, 7) is 5.36. The lowest BCUT2D eigenvalue weighted by atomic mass is 10.1. The molecule has 2 atom stereocenters. The summed E-state index contributed by atoms with van der Waals surface area (Å²) < 4.78 is 5.15. The van der Waals surface area contributed by atoms with E-state index in [4.69, 9.17) is 9.84 Å². The summed E-state index contributed by atoms with van der Waals surface area (Å²) in [7, 11) is 0. The van der Waals surface area contributed by atoms with Crippen molar-refractivity contribution in [3.8, 4) is 0 Å². The molecule has 1 saturated heterocycles. The number of aliphatic carboxylic acids is 1. The average Bonchev–Trinajstić information content (AvgIpc) is 2.39. The molecule has 0 aromatic carbocycles. The van der Waals surface area contributed by atoms with Gasteiger partial charge in [0, 0.05) is 12.6 Å². The lowest BCUT2D eigenvalue weighted by molar-refractivity contribution is -0.150. The largest absolute Gasteiger partial charge is 0.480 e. The summed E-state index contributed by atoms with van der Waals surface area (Å²) in [5.41, 5.74) is 0. The van der Waals surface area contributed by atoms with Crippen LogP contribution in [0.1, 0.15) is 39.5 Å². The number of carbonyl (C=O) groups is 2. The quantitative estimate of drug-likeness (QED) is 0.647. The molecule has 0 saturated carbocycles. The molecular weight excluding hydrogens is 260 g/mol. The average molecular weight is 286 g/mol. The van der Waals surface area contributed by atoms with Gasteiger partial charge in [-0.05, 0) is 13.3 Å². The van der Waals surface area contributed by atoms with E-state index in [9.17, 15) is 9.59 Å². The molecule has 1 aliphatic heterocycles. The van der Waals surface area contributed by atoms with Crippen LogP contribution >= 0.6 is 0 Å². The maximum atomic E-state index is 11.9. The van der Waals surface area contributed by atoms with Crippen molar-refractivity contribution in [1.82, 2.24) is 10.2 Å². The fraction of sp³-hybridized carbons (Fsp3) is 0.857. The summed E-state index contributed by atoms with van der Waals surface area (Å²) in [5, 5.41) is 12.0. The Balaban J connectivity index is 2.34. The van der Waals surface area contributed by atoms with Crippen molar-refractivity contribution in [2.24, 2.45) is 0 Å². The second-order valence-corrected chi connectivity index (χ2v) is 5.36. The molecule has 6 nitrogen and oxygen atoms in total. The monoisotopic (exact) mass is 286 g/mol. The first-order valence-electron chi connectivity index (χ1n) is 7.38. The normalized spacial score (nSPS) is 21.4. The van der Waals surface area contributed by atoms with Gasteiger partial charge < -0.3 is 15.2 Å².